The maximum absolute atomic E-state index is 10.8. The van der Waals surface area contributed by atoms with E-state index in [0.29, 0.717) is 6.54 Å². The lowest BCUT2D eigenvalue weighted by molar-refractivity contribution is 0.0689. The van der Waals surface area contributed by atoms with Gasteiger partial charge in [0.1, 0.15) is 5.75 Å². The van der Waals surface area contributed by atoms with Gasteiger partial charge in [0, 0.05) is 5.69 Å². The monoisotopic (exact) mass is 246 g/mol. The minimum Gasteiger partial charge on any atom is -0.497 e. The van der Waals surface area contributed by atoms with E-state index in [1.165, 1.54) is 0 Å². The fraction of sp³-hybridized carbons (Fsp3) is 0.231. The van der Waals surface area contributed by atoms with Gasteiger partial charge in [-0.1, -0.05) is 12.1 Å². The molecule has 2 rings (SSSR count). The predicted molar refractivity (Wildman–Crippen MR) is 66.0 cm³/mol. The minimum atomic E-state index is -1.01. The third-order valence-electron chi connectivity index (χ3n) is 2.67. The number of carbonyl (C=O) groups is 1. The van der Waals surface area contributed by atoms with Gasteiger partial charge in [-0.25, -0.2) is 4.79 Å². The molecule has 1 N–H and O–H groups in total. The number of carboxylic acid groups (broad SMARTS) is 1. The second kappa shape index (κ2) is 4.91. The van der Waals surface area contributed by atoms with Gasteiger partial charge in [-0.05, 0) is 30.7 Å². The summed E-state index contributed by atoms with van der Waals surface area (Å²) in [5, 5.41) is 12.9. The van der Waals surface area contributed by atoms with Crippen LogP contribution >= 0.6 is 0 Å². The molecule has 5 heteroatoms. The molecule has 0 aliphatic carbocycles. The Morgan fingerprint density at radius 3 is 2.83 bits per heavy atom. The van der Waals surface area contributed by atoms with Crippen LogP contribution in [0.3, 0.4) is 0 Å². The largest absolute Gasteiger partial charge is 0.497 e. The third kappa shape index (κ3) is 2.51. The zero-order chi connectivity index (χ0) is 13.1. The smallest absolute Gasteiger partial charge is 0.356 e. The number of ether oxygens (including phenoxy) is 1. The molecule has 1 aromatic heterocycles. The molecule has 0 fully saturated rings. The van der Waals surface area contributed by atoms with E-state index in [2.05, 4.69) is 5.10 Å². The van der Waals surface area contributed by atoms with Gasteiger partial charge in [-0.15, -0.1) is 0 Å². The topological polar surface area (TPSA) is 64.4 Å². The number of rotatable bonds is 4. The molecule has 18 heavy (non-hydrogen) atoms. The van der Waals surface area contributed by atoms with E-state index in [1.807, 2.05) is 31.2 Å². The van der Waals surface area contributed by atoms with Gasteiger partial charge >= 0.3 is 5.97 Å². The Kier molecular flexibility index (Phi) is 3.32. The van der Waals surface area contributed by atoms with Gasteiger partial charge < -0.3 is 9.84 Å². The molecule has 94 valence electrons. The van der Waals surface area contributed by atoms with Crippen LogP contribution in [-0.4, -0.2) is 28.0 Å². The normalized spacial score (nSPS) is 10.3. The first-order valence-corrected chi connectivity index (χ1v) is 5.51. The Balaban J connectivity index is 2.25. The number of aromatic carboxylic acids is 1. The molecule has 0 bridgehead atoms. The van der Waals surface area contributed by atoms with Crippen molar-refractivity contribution in [2.24, 2.45) is 0 Å². The summed E-state index contributed by atoms with van der Waals surface area (Å²) in [5.41, 5.74) is 1.89. The third-order valence-corrected chi connectivity index (χ3v) is 2.67. The van der Waals surface area contributed by atoms with Crippen molar-refractivity contribution in [2.45, 2.75) is 13.5 Å². The highest BCUT2D eigenvalue weighted by molar-refractivity contribution is 5.85. The van der Waals surface area contributed by atoms with Crippen molar-refractivity contribution in [2.75, 3.05) is 7.11 Å². The molecule has 0 saturated carbocycles. The molecular formula is C13H14N2O3. The summed E-state index contributed by atoms with van der Waals surface area (Å²) in [6.45, 7) is 2.36. The molecule has 0 atom stereocenters. The lowest BCUT2D eigenvalue weighted by Gasteiger charge is -2.06. The van der Waals surface area contributed by atoms with Gasteiger partial charge in [0.05, 0.1) is 13.7 Å². The summed E-state index contributed by atoms with van der Waals surface area (Å²) in [6.07, 6.45) is 0. The van der Waals surface area contributed by atoms with E-state index < -0.39 is 5.97 Å². The molecule has 0 radical (unpaired) electrons. The van der Waals surface area contributed by atoms with E-state index in [0.717, 1.165) is 17.0 Å². The van der Waals surface area contributed by atoms with Crippen molar-refractivity contribution < 1.29 is 14.6 Å². The van der Waals surface area contributed by atoms with Gasteiger partial charge in [-0.2, -0.15) is 5.10 Å². The van der Waals surface area contributed by atoms with Crippen LogP contribution in [0.15, 0.2) is 30.3 Å². The second-order valence-corrected chi connectivity index (χ2v) is 3.99. The minimum absolute atomic E-state index is 0.0652. The molecule has 0 amide bonds. The van der Waals surface area contributed by atoms with E-state index in [9.17, 15) is 4.79 Å². The first kappa shape index (κ1) is 12.2. The number of methoxy groups -OCH3 is 1. The Labute approximate surface area is 105 Å². The molecule has 0 aliphatic heterocycles. The van der Waals surface area contributed by atoms with Crippen molar-refractivity contribution in [3.63, 3.8) is 0 Å². The van der Waals surface area contributed by atoms with Crippen molar-refractivity contribution >= 4 is 5.97 Å². The van der Waals surface area contributed by atoms with Gasteiger partial charge in [0.25, 0.3) is 0 Å². The highest BCUT2D eigenvalue weighted by atomic mass is 16.5. The first-order valence-electron chi connectivity index (χ1n) is 5.51. The number of hydrogen-bond acceptors (Lipinski definition) is 3. The summed E-state index contributed by atoms with van der Waals surface area (Å²) < 4.78 is 6.81. The summed E-state index contributed by atoms with van der Waals surface area (Å²) >= 11 is 0. The van der Waals surface area contributed by atoms with Crippen molar-refractivity contribution in [3.8, 4) is 5.75 Å². The van der Waals surface area contributed by atoms with Crippen LogP contribution in [0.25, 0.3) is 0 Å². The first-order chi connectivity index (χ1) is 8.60. The maximum atomic E-state index is 10.8. The number of carboxylic acids is 1. The number of aromatic nitrogens is 2. The van der Waals surface area contributed by atoms with E-state index in [4.69, 9.17) is 9.84 Å². The zero-order valence-electron chi connectivity index (χ0n) is 10.3. The van der Waals surface area contributed by atoms with Gasteiger partial charge in [0.15, 0.2) is 5.69 Å². The number of nitrogens with zero attached hydrogens (tertiary/aromatic N) is 2. The Bertz CT molecular complexity index is 575. The molecule has 1 aromatic carbocycles. The Morgan fingerprint density at radius 1 is 1.44 bits per heavy atom. The molecule has 5 nitrogen and oxygen atoms in total. The highest BCUT2D eigenvalue weighted by Crippen LogP contribution is 2.14. The van der Waals surface area contributed by atoms with Crippen LogP contribution in [0.5, 0.6) is 5.75 Å². The maximum Gasteiger partial charge on any atom is 0.356 e. The van der Waals surface area contributed by atoms with Crippen LogP contribution in [0.2, 0.25) is 0 Å². The standard InChI is InChI=1S/C13H14N2O3/c1-9-6-12(13(16)17)14-15(9)8-10-4-3-5-11(7-10)18-2/h3-7H,8H2,1-2H3,(H,16,17). The molecule has 2 aromatic rings. The van der Waals surface area contributed by atoms with E-state index >= 15 is 0 Å². The Morgan fingerprint density at radius 2 is 2.22 bits per heavy atom. The van der Waals surface area contributed by atoms with Crippen LogP contribution in [0, 0.1) is 6.92 Å². The summed E-state index contributed by atoms with van der Waals surface area (Å²) in [5.74, 6) is -0.238. The number of benzene rings is 1. The summed E-state index contributed by atoms with van der Waals surface area (Å²) in [7, 11) is 1.61. The quantitative estimate of drug-likeness (QED) is 0.895. The highest BCUT2D eigenvalue weighted by Gasteiger charge is 2.10. The van der Waals surface area contributed by atoms with Crippen LogP contribution in [0.4, 0.5) is 0 Å². The average Bonchev–Trinajstić information content (AvgIpc) is 2.71. The van der Waals surface area contributed by atoms with E-state index in [-0.39, 0.29) is 5.69 Å². The van der Waals surface area contributed by atoms with Gasteiger partial charge in [-0.3, -0.25) is 4.68 Å². The average molecular weight is 246 g/mol. The van der Waals surface area contributed by atoms with E-state index in [1.54, 1.807) is 17.9 Å². The zero-order valence-corrected chi connectivity index (χ0v) is 10.3. The molecule has 0 spiro atoms. The fourth-order valence-electron chi connectivity index (χ4n) is 1.72. The van der Waals surface area contributed by atoms with Crippen molar-refractivity contribution in [1.29, 1.82) is 0 Å². The SMILES string of the molecule is COc1cccc(Cn2nc(C(=O)O)cc2C)c1. The number of aryl methyl sites for hydroxylation is 1. The predicted octanol–water partition coefficient (Wildman–Crippen LogP) is 1.95. The van der Waals surface area contributed by atoms with Crippen LogP contribution < -0.4 is 4.74 Å². The molecular weight excluding hydrogens is 232 g/mol. The summed E-state index contributed by atoms with van der Waals surface area (Å²) in [4.78, 5) is 10.8. The molecule has 1 heterocycles. The lowest BCUT2D eigenvalue weighted by atomic mass is 10.2. The number of hydrogen-bond donors (Lipinski definition) is 1. The summed E-state index contributed by atoms with van der Waals surface area (Å²) in [6, 6.07) is 9.17. The molecule has 0 unspecified atom stereocenters. The van der Waals surface area contributed by atoms with Crippen LogP contribution in [0.1, 0.15) is 21.7 Å². The van der Waals surface area contributed by atoms with Crippen LogP contribution in [-0.2, 0) is 6.54 Å². The van der Waals surface area contributed by atoms with Crippen molar-refractivity contribution in [3.05, 3.63) is 47.3 Å². The second-order valence-electron chi connectivity index (χ2n) is 3.99. The Hall–Kier alpha value is -2.30. The van der Waals surface area contributed by atoms with Gasteiger partial charge in [0.2, 0.25) is 0 Å². The van der Waals surface area contributed by atoms with Crippen molar-refractivity contribution in [1.82, 2.24) is 9.78 Å². The molecule has 0 aliphatic rings. The molecule has 0 saturated heterocycles. The fourth-order valence-corrected chi connectivity index (χ4v) is 1.72. The lowest BCUT2D eigenvalue weighted by Crippen LogP contribution is -2.05.